The number of carbonyl (C=O) groups is 1. The van der Waals surface area contributed by atoms with Crippen molar-refractivity contribution in [3.63, 3.8) is 0 Å². The van der Waals surface area contributed by atoms with Crippen molar-refractivity contribution in [3.8, 4) is 0 Å². The van der Waals surface area contributed by atoms with Crippen LogP contribution in [0.4, 0.5) is 0 Å². The summed E-state index contributed by atoms with van der Waals surface area (Å²) in [7, 11) is 0. The average Bonchev–Trinajstić information content (AvgIpc) is 3.15. The highest BCUT2D eigenvalue weighted by Crippen LogP contribution is 2.25. The molecule has 3 aliphatic rings. The van der Waals surface area contributed by atoms with E-state index in [-0.39, 0.29) is 5.91 Å². The second-order valence-corrected chi connectivity index (χ2v) is 7.18. The molecule has 124 valence electrons. The molecule has 1 saturated carbocycles. The van der Waals surface area contributed by atoms with Gasteiger partial charge in [-0.05, 0) is 49.1 Å². The standard InChI is InChI=1S/C19H27N3O/c23-19(16-5-6-17-14-20-8-7-15(17)13-16)22-11-9-21(10-12-22)18-3-1-2-4-18/h5-6,13,18,20H,1-4,7-12,14H2. The maximum atomic E-state index is 12.8. The third-order valence-electron chi connectivity index (χ3n) is 5.78. The zero-order chi connectivity index (χ0) is 15.6. The Morgan fingerprint density at radius 1 is 1.04 bits per heavy atom. The van der Waals surface area contributed by atoms with Crippen LogP contribution >= 0.6 is 0 Å². The molecule has 0 spiro atoms. The summed E-state index contributed by atoms with van der Waals surface area (Å²) in [6.07, 6.45) is 6.51. The van der Waals surface area contributed by atoms with E-state index in [0.717, 1.165) is 57.3 Å². The molecule has 2 aliphatic heterocycles. The zero-order valence-corrected chi connectivity index (χ0v) is 13.9. The Morgan fingerprint density at radius 3 is 2.61 bits per heavy atom. The smallest absolute Gasteiger partial charge is 0.253 e. The Kier molecular flexibility index (Phi) is 4.36. The Bertz CT molecular complexity index is 572. The Labute approximate surface area is 138 Å². The maximum absolute atomic E-state index is 12.8. The number of amides is 1. The van der Waals surface area contributed by atoms with E-state index < -0.39 is 0 Å². The van der Waals surface area contributed by atoms with Crippen molar-refractivity contribution < 1.29 is 4.79 Å². The first-order valence-electron chi connectivity index (χ1n) is 9.17. The number of nitrogens with one attached hydrogen (secondary N) is 1. The summed E-state index contributed by atoms with van der Waals surface area (Å²) >= 11 is 0. The number of hydrogen-bond donors (Lipinski definition) is 1. The average molecular weight is 313 g/mol. The normalized spacial score (nSPS) is 23.0. The van der Waals surface area contributed by atoms with E-state index >= 15 is 0 Å². The fraction of sp³-hybridized carbons (Fsp3) is 0.632. The molecule has 1 N–H and O–H groups in total. The van der Waals surface area contributed by atoms with Crippen molar-refractivity contribution in [2.75, 3.05) is 32.7 Å². The lowest BCUT2D eigenvalue weighted by Crippen LogP contribution is -2.51. The van der Waals surface area contributed by atoms with Crippen molar-refractivity contribution in [2.24, 2.45) is 0 Å². The van der Waals surface area contributed by atoms with Crippen LogP contribution in [0.15, 0.2) is 18.2 Å². The van der Waals surface area contributed by atoms with E-state index in [1.54, 1.807) is 0 Å². The molecule has 1 saturated heterocycles. The van der Waals surface area contributed by atoms with E-state index in [1.807, 2.05) is 11.0 Å². The molecular weight excluding hydrogens is 286 g/mol. The molecule has 1 aromatic carbocycles. The molecule has 1 aliphatic carbocycles. The van der Waals surface area contributed by atoms with Crippen molar-refractivity contribution in [1.29, 1.82) is 0 Å². The van der Waals surface area contributed by atoms with Gasteiger partial charge in [0.2, 0.25) is 0 Å². The number of fused-ring (bicyclic) bond motifs is 1. The molecule has 0 bridgehead atoms. The molecule has 0 radical (unpaired) electrons. The SMILES string of the molecule is O=C(c1ccc2c(c1)CCNC2)N1CCN(C2CCCC2)CC1. The van der Waals surface area contributed by atoms with Gasteiger partial charge in [-0.2, -0.15) is 0 Å². The van der Waals surface area contributed by atoms with Gasteiger partial charge in [0, 0.05) is 44.3 Å². The highest BCUT2D eigenvalue weighted by molar-refractivity contribution is 5.94. The molecule has 4 rings (SSSR count). The van der Waals surface area contributed by atoms with Crippen LogP contribution in [0, 0.1) is 0 Å². The maximum Gasteiger partial charge on any atom is 0.253 e. The number of carbonyl (C=O) groups excluding carboxylic acids is 1. The fourth-order valence-electron chi connectivity index (χ4n) is 4.35. The van der Waals surface area contributed by atoms with Crippen LogP contribution in [-0.2, 0) is 13.0 Å². The Balaban J connectivity index is 1.40. The number of benzene rings is 1. The molecule has 0 unspecified atom stereocenters. The summed E-state index contributed by atoms with van der Waals surface area (Å²) in [5.74, 6) is 0.220. The van der Waals surface area contributed by atoms with Gasteiger partial charge in [0.05, 0.1) is 0 Å². The summed E-state index contributed by atoms with van der Waals surface area (Å²) < 4.78 is 0. The van der Waals surface area contributed by atoms with Crippen LogP contribution in [0.5, 0.6) is 0 Å². The molecule has 1 aromatic rings. The largest absolute Gasteiger partial charge is 0.336 e. The molecule has 23 heavy (non-hydrogen) atoms. The molecule has 4 nitrogen and oxygen atoms in total. The fourth-order valence-corrected chi connectivity index (χ4v) is 4.35. The summed E-state index contributed by atoms with van der Waals surface area (Å²) in [5.41, 5.74) is 3.57. The van der Waals surface area contributed by atoms with E-state index in [0.29, 0.717) is 0 Å². The van der Waals surface area contributed by atoms with Crippen molar-refractivity contribution in [2.45, 2.75) is 44.7 Å². The second kappa shape index (κ2) is 6.62. The minimum Gasteiger partial charge on any atom is -0.336 e. The third kappa shape index (κ3) is 3.15. The lowest BCUT2D eigenvalue weighted by Gasteiger charge is -2.38. The third-order valence-corrected chi connectivity index (χ3v) is 5.78. The lowest BCUT2D eigenvalue weighted by molar-refractivity contribution is 0.0573. The van der Waals surface area contributed by atoms with Crippen LogP contribution in [0.2, 0.25) is 0 Å². The van der Waals surface area contributed by atoms with Gasteiger partial charge in [-0.3, -0.25) is 9.69 Å². The molecular formula is C19H27N3O. The summed E-state index contributed by atoms with van der Waals surface area (Å²) in [4.78, 5) is 17.5. The van der Waals surface area contributed by atoms with Crippen LogP contribution in [-0.4, -0.2) is 54.5 Å². The van der Waals surface area contributed by atoms with Crippen LogP contribution in [0.3, 0.4) is 0 Å². The van der Waals surface area contributed by atoms with Crippen LogP contribution < -0.4 is 5.32 Å². The topological polar surface area (TPSA) is 35.6 Å². The van der Waals surface area contributed by atoms with Crippen LogP contribution in [0.25, 0.3) is 0 Å². The molecule has 4 heteroatoms. The molecule has 1 amide bonds. The van der Waals surface area contributed by atoms with Gasteiger partial charge in [0.1, 0.15) is 0 Å². The van der Waals surface area contributed by atoms with E-state index in [4.69, 9.17) is 0 Å². The monoisotopic (exact) mass is 313 g/mol. The molecule has 2 fully saturated rings. The van der Waals surface area contributed by atoms with Gasteiger partial charge in [0.25, 0.3) is 5.91 Å². The summed E-state index contributed by atoms with van der Waals surface area (Å²) in [6, 6.07) is 7.05. The van der Waals surface area contributed by atoms with E-state index in [1.165, 1.54) is 36.8 Å². The lowest BCUT2D eigenvalue weighted by atomic mass is 9.98. The minimum atomic E-state index is 0.220. The predicted octanol–water partition coefficient (Wildman–Crippen LogP) is 2.03. The van der Waals surface area contributed by atoms with Crippen molar-refractivity contribution in [1.82, 2.24) is 15.1 Å². The van der Waals surface area contributed by atoms with E-state index in [2.05, 4.69) is 22.3 Å². The predicted molar refractivity (Wildman–Crippen MR) is 91.6 cm³/mol. The van der Waals surface area contributed by atoms with Gasteiger partial charge >= 0.3 is 0 Å². The molecule has 0 atom stereocenters. The second-order valence-electron chi connectivity index (χ2n) is 7.18. The number of rotatable bonds is 2. The van der Waals surface area contributed by atoms with Gasteiger partial charge in [-0.25, -0.2) is 0 Å². The number of hydrogen-bond acceptors (Lipinski definition) is 3. The van der Waals surface area contributed by atoms with Gasteiger partial charge in [-0.1, -0.05) is 18.9 Å². The van der Waals surface area contributed by atoms with Gasteiger partial charge < -0.3 is 10.2 Å². The summed E-state index contributed by atoms with van der Waals surface area (Å²) in [6.45, 7) is 5.81. The highest BCUT2D eigenvalue weighted by Gasteiger charge is 2.28. The van der Waals surface area contributed by atoms with Crippen molar-refractivity contribution in [3.05, 3.63) is 34.9 Å². The number of piperazine rings is 1. The molecule has 2 heterocycles. The Hall–Kier alpha value is -1.39. The summed E-state index contributed by atoms with van der Waals surface area (Å²) in [5, 5.41) is 3.38. The van der Waals surface area contributed by atoms with Crippen molar-refractivity contribution >= 4 is 5.91 Å². The van der Waals surface area contributed by atoms with Gasteiger partial charge in [0.15, 0.2) is 0 Å². The number of nitrogens with zero attached hydrogens (tertiary/aromatic N) is 2. The first-order chi connectivity index (χ1) is 11.3. The van der Waals surface area contributed by atoms with Gasteiger partial charge in [-0.15, -0.1) is 0 Å². The highest BCUT2D eigenvalue weighted by atomic mass is 16.2. The minimum absolute atomic E-state index is 0.220. The van der Waals surface area contributed by atoms with Crippen LogP contribution in [0.1, 0.15) is 47.2 Å². The zero-order valence-electron chi connectivity index (χ0n) is 13.9. The Morgan fingerprint density at radius 2 is 1.83 bits per heavy atom. The molecule has 0 aromatic heterocycles. The first-order valence-corrected chi connectivity index (χ1v) is 9.17. The quantitative estimate of drug-likeness (QED) is 0.907. The van der Waals surface area contributed by atoms with E-state index in [9.17, 15) is 4.79 Å². The first kappa shape index (κ1) is 15.2.